The summed E-state index contributed by atoms with van der Waals surface area (Å²) in [5.74, 6) is 0.934. The standard InChI is InChI=1S/C11H23N/c1-5-9-7-6-8-10(9)12-11(2,3)4/h9-10,12H,5-8H2,1-4H3. The summed E-state index contributed by atoms with van der Waals surface area (Å²) >= 11 is 0. The Morgan fingerprint density at radius 2 is 1.92 bits per heavy atom. The van der Waals surface area contributed by atoms with E-state index in [-0.39, 0.29) is 0 Å². The van der Waals surface area contributed by atoms with Gasteiger partial charge in [0.15, 0.2) is 0 Å². The molecule has 1 fully saturated rings. The van der Waals surface area contributed by atoms with E-state index in [0.717, 1.165) is 12.0 Å². The Morgan fingerprint density at radius 1 is 1.25 bits per heavy atom. The van der Waals surface area contributed by atoms with Gasteiger partial charge in [0.25, 0.3) is 0 Å². The molecular formula is C11H23N. The highest BCUT2D eigenvalue weighted by Gasteiger charge is 2.28. The number of hydrogen-bond acceptors (Lipinski definition) is 1. The molecule has 1 saturated carbocycles. The Bertz CT molecular complexity index is 134. The molecule has 1 heteroatoms. The van der Waals surface area contributed by atoms with Crippen molar-refractivity contribution in [1.29, 1.82) is 0 Å². The maximum atomic E-state index is 3.72. The Kier molecular flexibility index (Phi) is 3.16. The van der Waals surface area contributed by atoms with Crippen molar-refractivity contribution in [3.63, 3.8) is 0 Å². The molecular weight excluding hydrogens is 146 g/mol. The quantitative estimate of drug-likeness (QED) is 0.670. The lowest BCUT2D eigenvalue weighted by Crippen LogP contribution is -2.45. The van der Waals surface area contributed by atoms with Crippen LogP contribution in [0.1, 0.15) is 53.4 Å². The number of hydrogen-bond donors (Lipinski definition) is 1. The minimum atomic E-state index is 0.294. The number of nitrogens with one attached hydrogen (secondary N) is 1. The van der Waals surface area contributed by atoms with Gasteiger partial charge in [0.2, 0.25) is 0 Å². The zero-order valence-corrected chi connectivity index (χ0v) is 8.98. The Balaban J connectivity index is 2.41. The van der Waals surface area contributed by atoms with Gasteiger partial charge < -0.3 is 5.32 Å². The van der Waals surface area contributed by atoms with Crippen LogP contribution in [0.4, 0.5) is 0 Å². The third-order valence-electron chi connectivity index (χ3n) is 2.80. The minimum absolute atomic E-state index is 0.294. The fourth-order valence-corrected chi connectivity index (χ4v) is 2.27. The molecule has 0 saturated heterocycles. The van der Waals surface area contributed by atoms with Gasteiger partial charge in [-0.15, -0.1) is 0 Å². The van der Waals surface area contributed by atoms with Crippen molar-refractivity contribution in [2.45, 2.75) is 65.0 Å². The zero-order valence-electron chi connectivity index (χ0n) is 8.98. The zero-order chi connectivity index (χ0) is 9.19. The van der Waals surface area contributed by atoms with Crippen molar-refractivity contribution in [2.24, 2.45) is 5.92 Å². The molecule has 1 N–H and O–H groups in total. The van der Waals surface area contributed by atoms with Crippen LogP contribution in [0.3, 0.4) is 0 Å². The topological polar surface area (TPSA) is 12.0 Å². The van der Waals surface area contributed by atoms with E-state index in [2.05, 4.69) is 33.0 Å². The first kappa shape index (κ1) is 10.0. The Hall–Kier alpha value is -0.0400. The number of rotatable bonds is 2. The monoisotopic (exact) mass is 169 g/mol. The predicted molar refractivity (Wildman–Crippen MR) is 54.3 cm³/mol. The molecule has 0 aromatic rings. The molecule has 0 spiro atoms. The molecule has 0 aromatic heterocycles. The van der Waals surface area contributed by atoms with E-state index in [1.807, 2.05) is 0 Å². The summed E-state index contributed by atoms with van der Waals surface area (Å²) in [7, 11) is 0. The van der Waals surface area contributed by atoms with E-state index in [9.17, 15) is 0 Å². The van der Waals surface area contributed by atoms with Gasteiger partial charge in [-0.25, -0.2) is 0 Å². The lowest BCUT2D eigenvalue weighted by Gasteiger charge is -2.29. The van der Waals surface area contributed by atoms with Crippen LogP contribution in [0.25, 0.3) is 0 Å². The molecule has 0 bridgehead atoms. The van der Waals surface area contributed by atoms with E-state index in [1.165, 1.54) is 25.7 Å². The highest BCUT2D eigenvalue weighted by atomic mass is 15.0. The first-order valence-electron chi connectivity index (χ1n) is 5.30. The van der Waals surface area contributed by atoms with Gasteiger partial charge in [0.1, 0.15) is 0 Å². The molecule has 1 aliphatic rings. The first-order chi connectivity index (χ1) is 5.53. The third kappa shape index (κ3) is 2.78. The largest absolute Gasteiger partial charge is 0.309 e. The van der Waals surface area contributed by atoms with E-state index in [0.29, 0.717) is 5.54 Å². The lowest BCUT2D eigenvalue weighted by atomic mass is 9.97. The van der Waals surface area contributed by atoms with Crippen molar-refractivity contribution in [2.75, 3.05) is 0 Å². The van der Waals surface area contributed by atoms with Crippen LogP contribution in [0.5, 0.6) is 0 Å². The summed E-state index contributed by atoms with van der Waals surface area (Å²) in [4.78, 5) is 0. The second-order valence-electron chi connectivity index (χ2n) is 5.10. The van der Waals surface area contributed by atoms with Crippen molar-refractivity contribution < 1.29 is 0 Å². The highest BCUT2D eigenvalue weighted by Crippen LogP contribution is 2.29. The lowest BCUT2D eigenvalue weighted by molar-refractivity contribution is 0.303. The summed E-state index contributed by atoms with van der Waals surface area (Å²) in [6, 6.07) is 0.787. The van der Waals surface area contributed by atoms with Gasteiger partial charge in [-0.3, -0.25) is 0 Å². The van der Waals surface area contributed by atoms with Gasteiger partial charge in [-0.05, 0) is 39.5 Å². The molecule has 1 nitrogen and oxygen atoms in total. The minimum Gasteiger partial charge on any atom is -0.309 e. The predicted octanol–water partition coefficient (Wildman–Crippen LogP) is 2.95. The molecule has 2 unspecified atom stereocenters. The van der Waals surface area contributed by atoms with Gasteiger partial charge in [-0.2, -0.15) is 0 Å². The van der Waals surface area contributed by atoms with Gasteiger partial charge in [-0.1, -0.05) is 19.8 Å². The summed E-state index contributed by atoms with van der Waals surface area (Å²) in [5.41, 5.74) is 0.294. The van der Waals surface area contributed by atoms with Crippen molar-refractivity contribution in [1.82, 2.24) is 5.32 Å². The third-order valence-corrected chi connectivity index (χ3v) is 2.80. The molecule has 0 radical (unpaired) electrons. The van der Waals surface area contributed by atoms with E-state index >= 15 is 0 Å². The van der Waals surface area contributed by atoms with E-state index in [4.69, 9.17) is 0 Å². The molecule has 2 atom stereocenters. The van der Waals surface area contributed by atoms with Crippen LogP contribution in [0.2, 0.25) is 0 Å². The maximum absolute atomic E-state index is 3.72. The molecule has 0 aromatic carbocycles. The average molecular weight is 169 g/mol. The SMILES string of the molecule is CCC1CCCC1NC(C)(C)C. The van der Waals surface area contributed by atoms with Crippen molar-refractivity contribution in [3.05, 3.63) is 0 Å². The molecule has 1 aliphatic carbocycles. The van der Waals surface area contributed by atoms with Crippen LogP contribution in [0, 0.1) is 5.92 Å². The molecule has 72 valence electrons. The Labute approximate surface area is 76.9 Å². The van der Waals surface area contributed by atoms with Gasteiger partial charge in [0, 0.05) is 11.6 Å². The van der Waals surface area contributed by atoms with E-state index < -0.39 is 0 Å². The second kappa shape index (κ2) is 3.78. The van der Waals surface area contributed by atoms with Crippen LogP contribution < -0.4 is 5.32 Å². The Morgan fingerprint density at radius 3 is 2.42 bits per heavy atom. The summed E-state index contributed by atoms with van der Waals surface area (Å²) in [6.07, 6.45) is 5.58. The fourth-order valence-electron chi connectivity index (χ4n) is 2.27. The molecule has 0 aliphatic heterocycles. The summed E-state index contributed by atoms with van der Waals surface area (Å²) < 4.78 is 0. The molecule has 1 rings (SSSR count). The normalized spacial score (nSPS) is 31.0. The van der Waals surface area contributed by atoms with Crippen LogP contribution in [0.15, 0.2) is 0 Å². The average Bonchev–Trinajstić information content (AvgIpc) is 2.31. The smallest absolute Gasteiger partial charge is 0.0100 e. The summed E-state index contributed by atoms with van der Waals surface area (Å²) in [6.45, 7) is 9.10. The van der Waals surface area contributed by atoms with Crippen molar-refractivity contribution >= 4 is 0 Å². The van der Waals surface area contributed by atoms with Crippen LogP contribution >= 0.6 is 0 Å². The fraction of sp³-hybridized carbons (Fsp3) is 1.00. The van der Waals surface area contributed by atoms with Crippen LogP contribution in [-0.4, -0.2) is 11.6 Å². The van der Waals surface area contributed by atoms with Gasteiger partial charge >= 0.3 is 0 Å². The van der Waals surface area contributed by atoms with Crippen molar-refractivity contribution in [3.8, 4) is 0 Å². The second-order valence-corrected chi connectivity index (χ2v) is 5.10. The molecule has 0 amide bonds. The van der Waals surface area contributed by atoms with Gasteiger partial charge in [0.05, 0.1) is 0 Å². The van der Waals surface area contributed by atoms with E-state index in [1.54, 1.807) is 0 Å². The first-order valence-corrected chi connectivity index (χ1v) is 5.30. The summed E-state index contributed by atoms with van der Waals surface area (Å²) in [5, 5.41) is 3.72. The molecule has 12 heavy (non-hydrogen) atoms. The highest BCUT2D eigenvalue weighted by molar-refractivity contribution is 4.86. The van der Waals surface area contributed by atoms with Crippen LogP contribution in [-0.2, 0) is 0 Å². The molecule has 0 heterocycles. The maximum Gasteiger partial charge on any atom is 0.0100 e.